The van der Waals surface area contributed by atoms with Crippen LogP contribution in [0.25, 0.3) is 0 Å². The number of halogens is 1. The smallest absolute Gasteiger partial charge is 0.202 e. The Kier molecular flexibility index (Phi) is 3.22. The van der Waals surface area contributed by atoms with Gasteiger partial charge in [0.2, 0.25) is 5.13 Å². The predicted molar refractivity (Wildman–Crippen MR) is 43.8 cm³/mol. The van der Waals surface area contributed by atoms with E-state index in [9.17, 15) is 4.39 Å². The monoisotopic (exact) mass is 175 g/mol. The molecule has 0 saturated heterocycles. The third-order valence-corrected chi connectivity index (χ3v) is 1.87. The number of nitrogens with zero attached hydrogens (tertiary/aromatic N) is 2. The molecule has 0 saturated carbocycles. The second kappa shape index (κ2) is 4.23. The summed E-state index contributed by atoms with van der Waals surface area (Å²) in [5.74, 6) is 0.816. The predicted octanol–water partition coefficient (Wildman–Crippen LogP) is 1.48. The Bertz CT molecular complexity index is 213. The Morgan fingerprint density at radius 1 is 1.64 bits per heavy atom. The molecule has 62 valence electrons. The van der Waals surface area contributed by atoms with Crippen LogP contribution in [0.1, 0.15) is 12.7 Å². The van der Waals surface area contributed by atoms with E-state index >= 15 is 0 Å². The number of alkyl halides is 1. The lowest BCUT2D eigenvalue weighted by Gasteiger charge is -1.93. The summed E-state index contributed by atoms with van der Waals surface area (Å²) in [6, 6.07) is 0. The first kappa shape index (κ1) is 8.39. The van der Waals surface area contributed by atoms with Crippen molar-refractivity contribution in [2.24, 2.45) is 0 Å². The lowest BCUT2D eigenvalue weighted by Crippen LogP contribution is -2.02. The van der Waals surface area contributed by atoms with Crippen LogP contribution in [0.15, 0.2) is 0 Å². The van der Waals surface area contributed by atoms with Gasteiger partial charge in [-0.2, -0.15) is 4.37 Å². The molecule has 0 atom stereocenters. The summed E-state index contributed by atoms with van der Waals surface area (Å²) in [5, 5.41) is 3.53. The minimum Gasteiger partial charge on any atom is -0.358 e. The molecule has 11 heavy (non-hydrogen) atoms. The van der Waals surface area contributed by atoms with E-state index in [-0.39, 0.29) is 6.67 Å². The van der Waals surface area contributed by atoms with E-state index in [4.69, 9.17) is 0 Å². The zero-order valence-electron chi connectivity index (χ0n) is 6.30. The maximum absolute atomic E-state index is 11.7. The highest BCUT2D eigenvalue weighted by Gasteiger charge is 1.99. The Balaban J connectivity index is 2.44. The average molecular weight is 175 g/mol. The first-order chi connectivity index (χ1) is 5.36. The van der Waals surface area contributed by atoms with E-state index < -0.39 is 0 Å². The van der Waals surface area contributed by atoms with E-state index in [2.05, 4.69) is 14.7 Å². The number of rotatable bonds is 4. The third kappa shape index (κ3) is 2.42. The summed E-state index contributed by atoms with van der Waals surface area (Å²) >= 11 is 1.28. The summed E-state index contributed by atoms with van der Waals surface area (Å²) < 4.78 is 15.7. The van der Waals surface area contributed by atoms with Crippen LogP contribution in [0.3, 0.4) is 0 Å². The quantitative estimate of drug-likeness (QED) is 0.753. The van der Waals surface area contributed by atoms with Crippen LogP contribution in [0.4, 0.5) is 9.52 Å². The second-order valence-corrected chi connectivity index (χ2v) is 2.74. The molecule has 0 unspecified atom stereocenters. The number of aromatic nitrogens is 2. The van der Waals surface area contributed by atoms with Crippen molar-refractivity contribution < 1.29 is 4.39 Å². The topological polar surface area (TPSA) is 37.8 Å². The van der Waals surface area contributed by atoms with Gasteiger partial charge in [0.25, 0.3) is 0 Å². The second-order valence-electron chi connectivity index (χ2n) is 1.99. The minimum absolute atomic E-state index is 0.318. The molecule has 0 fully saturated rings. The van der Waals surface area contributed by atoms with Gasteiger partial charge < -0.3 is 5.32 Å². The maximum atomic E-state index is 11.7. The van der Waals surface area contributed by atoms with Crippen LogP contribution in [-0.4, -0.2) is 22.6 Å². The molecule has 0 bridgehead atoms. The Morgan fingerprint density at radius 2 is 2.45 bits per heavy atom. The largest absolute Gasteiger partial charge is 0.358 e. The van der Waals surface area contributed by atoms with Crippen molar-refractivity contribution in [2.45, 2.75) is 13.3 Å². The number of aryl methyl sites for hydroxylation is 1. The first-order valence-electron chi connectivity index (χ1n) is 3.49. The summed E-state index contributed by atoms with van der Waals surface area (Å²) in [5.41, 5.74) is 0. The van der Waals surface area contributed by atoms with Gasteiger partial charge in [0.05, 0.1) is 0 Å². The molecule has 1 heterocycles. The van der Waals surface area contributed by atoms with Crippen molar-refractivity contribution in [1.82, 2.24) is 9.36 Å². The Morgan fingerprint density at radius 3 is 3.00 bits per heavy atom. The molecular weight excluding hydrogens is 165 g/mol. The lowest BCUT2D eigenvalue weighted by molar-refractivity contribution is 0.512. The van der Waals surface area contributed by atoms with Crippen molar-refractivity contribution in [3.8, 4) is 0 Å². The molecule has 5 heteroatoms. The molecule has 0 aliphatic heterocycles. The lowest BCUT2D eigenvalue weighted by atomic mass is 10.5. The molecule has 0 spiro atoms. The number of hydrogen-bond donors (Lipinski definition) is 1. The molecule has 3 nitrogen and oxygen atoms in total. The van der Waals surface area contributed by atoms with Crippen LogP contribution < -0.4 is 5.32 Å². The van der Waals surface area contributed by atoms with Crippen LogP contribution >= 0.6 is 11.5 Å². The molecule has 0 aliphatic carbocycles. The maximum Gasteiger partial charge on any atom is 0.202 e. The summed E-state index contributed by atoms with van der Waals surface area (Å²) in [6.07, 6.45) is 0.827. The van der Waals surface area contributed by atoms with Gasteiger partial charge in [0.1, 0.15) is 12.5 Å². The highest BCUT2D eigenvalue weighted by atomic mass is 32.1. The molecule has 1 rings (SSSR count). The molecule has 0 amide bonds. The third-order valence-electron chi connectivity index (χ3n) is 1.16. The van der Waals surface area contributed by atoms with Gasteiger partial charge in [-0.3, -0.25) is 0 Å². The molecular formula is C6H10FN3S. The van der Waals surface area contributed by atoms with Gasteiger partial charge >= 0.3 is 0 Å². The fraction of sp³-hybridized carbons (Fsp3) is 0.667. The van der Waals surface area contributed by atoms with Gasteiger partial charge in [-0.05, 0) is 0 Å². The average Bonchev–Trinajstić information content (AvgIpc) is 2.48. The van der Waals surface area contributed by atoms with Crippen LogP contribution in [0.2, 0.25) is 0 Å². The molecule has 1 aromatic heterocycles. The zero-order chi connectivity index (χ0) is 8.10. The Labute approximate surface area is 68.8 Å². The highest BCUT2D eigenvalue weighted by Crippen LogP contribution is 2.10. The number of nitrogens with one attached hydrogen (secondary N) is 1. The van der Waals surface area contributed by atoms with E-state index in [0.29, 0.717) is 11.7 Å². The van der Waals surface area contributed by atoms with Crippen molar-refractivity contribution in [2.75, 3.05) is 18.5 Å². The first-order valence-corrected chi connectivity index (χ1v) is 4.26. The Hall–Kier alpha value is -0.710. The van der Waals surface area contributed by atoms with E-state index in [0.717, 1.165) is 12.2 Å². The molecule has 0 aliphatic rings. The minimum atomic E-state index is -0.374. The molecule has 0 radical (unpaired) electrons. The summed E-state index contributed by atoms with van der Waals surface area (Å²) in [4.78, 5) is 4.10. The molecule has 1 aromatic rings. The van der Waals surface area contributed by atoms with Crippen LogP contribution in [-0.2, 0) is 6.42 Å². The fourth-order valence-electron chi connectivity index (χ4n) is 0.624. The summed E-state index contributed by atoms with van der Waals surface area (Å²) in [6.45, 7) is 1.93. The normalized spacial score (nSPS) is 10.0. The van der Waals surface area contributed by atoms with Crippen LogP contribution in [0, 0.1) is 0 Å². The van der Waals surface area contributed by atoms with Crippen LogP contribution in [0.5, 0.6) is 0 Å². The number of anilines is 1. The molecule has 1 N–H and O–H groups in total. The van der Waals surface area contributed by atoms with Gasteiger partial charge in [-0.15, -0.1) is 0 Å². The van der Waals surface area contributed by atoms with Gasteiger partial charge in [0.15, 0.2) is 0 Å². The van der Waals surface area contributed by atoms with Gasteiger partial charge in [-0.25, -0.2) is 9.37 Å². The fourth-order valence-corrected chi connectivity index (χ4v) is 1.30. The van der Waals surface area contributed by atoms with Crippen molar-refractivity contribution in [1.29, 1.82) is 0 Å². The number of hydrogen-bond acceptors (Lipinski definition) is 4. The summed E-state index contributed by atoms with van der Waals surface area (Å²) in [7, 11) is 0. The van der Waals surface area contributed by atoms with E-state index in [1.807, 2.05) is 6.92 Å². The van der Waals surface area contributed by atoms with Gasteiger partial charge in [0, 0.05) is 24.5 Å². The van der Waals surface area contributed by atoms with E-state index in [1.165, 1.54) is 11.5 Å². The van der Waals surface area contributed by atoms with Crippen molar-refractivity contribution in [3.63, 3.8) is 0 Å². The zero-order valence-corrected chi connectivity index (χ0v) is 7.12. The highest BCUT2D eigenvalue weighted by molar-refractivity contribution is 7.09. The van der Waals surface area contributed by atoms with Crippen molar-refractivity contribution >= 4 is 16.7 Å². The molecule has 0 aromatic carbocycles. The van der Waals surface area contributed by atoms with Gasteiger partial charge in [-0.1, -0.05) is 6.92 Å². The van der Waals surface area contributed by atoms with Crippen molar-refractivity contribution in [3.05, 3.63) is 5.82 Å². The standard InChI is InChI=1S/C6H10FN3S/c1-2-5-9-6(11-10-5)8-4-3-7/h2-4H2,1H3,(H,8,9,10). The van der Waals surface area contributed by atoms with E-state index in [1.54, 1.807) is 0 Å². The SMILES string of the molecule is CCc1nsc(NCCF)n1.